The molecule has 1 amide bonds. The van der Waals surface area contributed by atoms with E-state index in [2.05, 4.69) is 44.7 Å². The third-order valence-electron chi connectivity index (χ3n) is 5.50. The lowest BCUT2D eigenvalue weighted by atomic mass is 9.90. The minimum atomic E-state index is -0.507. The zero-order valence-electron chi connectivity index (χ0n) is 17.0. The van der Waals surface area contributed by atoms with Crippen LogP contribution >= 0.6 is 0 Å². The summed E-state index contributed by atoms with van der Waals surface area (Å²) in [6, 6.07) is 19.8. The molecule has 0 atom stereocenters. The smallest absolute Gasteiger partial charge is 0.276 e. The highest BCUT2D eigenvalue weighted by atomic mass is 16.6. The summed E-state index contributed by atoms with van der Waals surface area (Å²) in [6.45, 7) is 1.82. The molecule has 0 bridgehead atoms. The normalized spacial score (nSPS) is 14.3. The van der Waals surface area contributed by atoms with Gasteiger partial charge in [-0.2, -0.15) is 0 Å². The summed E-state index contributed by atoms with van der Waals surface area (Å²) >= 11 is 0. The number of nitrogens with one attached hydrogen (secondary N) is 1. The number of non-ortho nitro benzene ring substituents is 1. The number of rotatable bonds is 6. The first kappa shape index (κ1) is 20.5. The highest BCUT2D eigenvalue weighted by Gasteiger charge is 2.21. The third kappa shape index (κ3) is 5.22. The van der Waals surface area contributed by atoms with E-state index in [9.17, 15) is 14.9 Å². The molecule has 31 heavy (non-hydrogen) atoms. The Morgan fingerprint density at radius 3 is 2.48 bits per heavy atom. The molecule has 2 heterocycles. The molecule has 8 heteroatoms. The number of carbonyl (C=O) groups excluding carboxylic acids is 1. The number of benzene rings is 2. The summed E-state index contributed by atoms with van der Waals surface area (Å²) in [5.41, 5.74) is 1.79. The highest BCUT2D eigenvalue weighted by Crippen LogP contribution is 2.24. The van der Waals surface area contributed by atoms with Gasteiger partial charge < -0.3 is 10.2 Å². The van der Waals surface area contributed by atoms with Gasteiger partial charge in [-0.05, 0) is 48.9 Å². The molecular formula is C23H23N5O3. The number of anilines is 2. The van der Waals surface area contributed by atoms with Gasteiger partial charge in [0.25, 0.3) is 11.6 Å². The molecule has 2 aromatic carbocycles. The SMILES string of the molecule is O=C(Nc1cccc([N+](=O)[O-])c1)c1ccc(N2CCC(Cc3ccccc3)CC2)nn1. The molecule has 158 valence electrons. The molecule has 0 saturated carbocycles. The van der Waals surface area contributed by atoms with E-state index in [1.807, 2.05) is 6.07 Å². The van der Waals surface area contributed by atoms with Gasteiger partial charge >= 0.3 is 0 Å². The van der Waals surface area contributed by atoms with Crippen molar-refractivity contribution >= 4 is 23.1 Å². The van der Waals surface area contributed by atoms with Crippen LogP contribution in [0.25, 0.3) is 0 Å². The van der Waals surface area contributed by atoms with E-state index in [0.717, 1.165) is 38.2 Å². The van der Waals surface area contributed by atoms with Crippen molar-refractivity contribution in [3.63, 3.8) is 0 Å². The number of carbonyl (C=O) groups is 1. The summed E-state index contributed by atoms with van der Waals surface area (Å²) in [6.07, 6.45) is 3.27. The van der Waals surface area contributed by atoms with Crippen LogP contribution in [0.4, 0.5) is 17.2 Å². The molecule has 3 aromatic rings. The number of hydrogen-bond donors (Lipinski definition) is 1. The zero-order valence-corrected chi connectivity index (χ0v) is 17.0. The average Bonchev–Trinajstić information content (AvgIpc) is 2.80. The van der Waals surface area contributed by atoms with Gasteiger partial charge in [0.1, 0.15) is 0 Å². The second-order valence-electron chi connectivity index (χ2n) is 7.66. The molecule has 0 radical (unpaired) electrons. The molecule has 1 aliphatic rings. The molecule has 0 aliphatic carbocycles. The first-order valence-electron chi connectivity index (χ1n) is 10.3. The van der Waals surface area contributed by atoms with Gasteiger partial charge in [-0.1, -0.05) is 36.4 Å². The first-order chi connectivity index (χ1) is 15.1. The van der Waals surface area contributed by atoms with Gasteiger partial charge in [-0.25, -0.2) is 0 Å². The van der Waals surface area contributed by atoms with Crippen molar-refractivity contribution < 1.29 is 9.72 Å². The van der Waals surface area contributed by atoms with E-state index in [4.69, 9.17) is 0 Å². The molecule has 1 aromatic heterocycles. The van der Waals surface area contributed by atoms with Gasteiger partial charge in [-0.3, -0.25) is 14.9 Å². The standard InChI is InChI=1S/C23H23N5O3/c29-23(24-19-7-4-8-20(16-19)28(30)31)21-9-10-22(26-25-21)27-13-11-18(12-14-27)15-17-5-2-1-3-6-17/h1-10,16,18H,11-15H2,(H,24,29). The molecule has 0 unspecified atom stereocenters. The van der Waals surface area contributed by atoms with Crippen LogP contribution in [0.1, 0.15) is 28.9 Å². The third-order valence-corrected chi connectivity index (χ3v) is 5.50. The number of aromatic nitrogens is 2. The van der Waals surface area contributed by atoms with Crippen LogP contribution in [-0.2, 0) is 6.42 Å². The lowest BCUT2D eigenvalue weighted by molar-refractivity contribution is -0.384. The van der Waals surface area contributed by atoms with E-state index in [0.29, 0.717) is 11.6 Å². The van der Waals surface area contributed by atoms with Gasteiger partial charge in [-0.15, -0.1) is 10.2 Å². The summed E-state index contributed by atoms with van der Waals surface area (Å²) < 4.78 is 0. The van der Waals surface area contributed by atoms with Gasteiger partial charge in [0.05, 0.1) is 4.92 Å². The van der Waals surface area contributed by atoms with Crippen molar-refractivity contribution in [2.75, 3.05) is 23.3 Å². The Kier molecular flexibility index (Phi) is 6.16. The lowest BCUT2D eigenvalue weighted by Crippen LogP contribution is -2.35. The fraction of sp³-hybridized carbons (Fsp3) is 0.261. The molecule has 1 fully saturated rings. The predicted molar refractivity (Wildman–Crippen MR) is 118 cm³/mol. The van der Waals surface area contributed by atoms with Gasteiger partial charge in [0.15, 0.2) is 11.5 Å². The van der Waals surface area contributed by atoms with Crippen LogP contribution in [0, 0.1) is 16.0 Å². The monoisotopic (exact) mass is 417 g/mol. The van der Waals surface area contributed by atoms with E-state index >= 15 is 0 Å². The maximum Gasteiger partial charge on any atom is 0.276 e. The molecule has 1 aliphatic heterocycles. The topological polar surface area (TPSA) is 101 Å². The Morgan fingerprint density at radius 2 is 1.81 bits per heavy atom. The fourth-order valence-electron chi connectivity index (χ4n) is 3.82. The molecule has 8 nitrogen and oxygen atoms in total. The van der Waals surface area contributed by atoms with E-state index in [1.165, 1.54) is 23.8 Å². The van der Waals surface area contributed by atoms with Crippen LogP contribution in [0.15, 0.2) is 66.7 Å². The van der Waals surface area contributed by atoms with Crippen molar-refractivity contribution in [2.24, 2.45) is 5.92 Å². The Balaban J connectivity index is 1.32. The molecule has 1 N–H and O–H groups in total. The second-order valence-corrected chi connectivity index (χ2v) is 7.66. The summed E-state index contributed by atoms with van der Waals surface area (Å²) in [5, 5.41) is 21.8. The van der Waals surface area contributed by atoms with Crippen molar-refractivity contribution in [3.05, 3.63) is 88.1 Å². The zero-order chi connectivity index (χ0) is 21.6. The van der Waals surface area contributed by atoms with Crippen LogP contribution in [0.5, 0.6) is 0 Å². The number of piperidine rings is 1. The maximum atomic E-state index is 12.4. The van der Waals surface area contributed by atoms with Crippen molar-refractivity contribution in [1.29, 1.82) is 0 Å². The Labute approximate surface area is 180 Å². The van der Waals surface area contributed by atoms with Gasteiger partial charge in [0, 0.05) is 30.9 Å². The van der Waals surface area contributed by atoms with Crippen LogP contribution < -0.4 is 10.2 Å². The Bertz CT molecular complexity index is 1050. The van der Waals surface area contributed by atoms with Crippen molar-refractivity contribution in [2.45, 2.75) is 19.3 Å². The quantitative estimate of drug-likeness (QED) is 0.479. The second kappa shape index (κ2) is 9.34. The first-order valence-corrected chi connectivity index (χ1v) is 10.3. The number of nitro benzene ring substituents is 1. The number of amides is 1. The van der Waals surface area contributed by atoms with Crippen LogP contribution in [0.3, 0.4) is 0 Å². The minimum absolute atomic E-state index is 0.0881. The van der Waals surface area contributed by atoms with Crippen molar-refractivity contribution in [3.8, 4) is 0 Å². The van der Waals surface area contributed by atoms with Crippen LogP contribution in [0.2, 0.25) is 0 Å². The lowest BCUT2D eigenvalue weighted by Gasteiger charge is -2.32. The number of nitro groups is 1. The number of nitrogens with zero attached hydrogens (tertiary/aromatic N) is 4. The minimum Gasteiger partial charge on any atom is -0.355 e. The van der Waals surface area contributed by atoms with E-state index < -0.39 is 10.8 Å². The summed E-state index contributed by atoms with van der Waals surface area (Å²) in [7, 11) is 0. The Hall–Kier alpha value is -3.81. The van der Waals surface area contributed by atoms with Crippen molar-refractivity contribution in [1.82, 2.24) is 10.2 Å². The summed E-state index contributed by atoms with van der Waals surface area (Å²) in [5.74, 6) is 0.956. The van der Waals surface area contributed by atoms with E-state index in [-0.39, 0.29) is 11.4 Å². The Morgan fingerprint density at radius 1 is 1.03 bits per heavy atom. The number of hydrogen-bond acceptors (Lipinski definition) is 6. The van der Waals surface area contributed by atoms with Gasteiger partial charge in [0.2, 0.25) is 0 Å². The predicted octanol–water partition coefficient (Wildman–Crippen LogP) is 4.10. The van der Waals surface area contributed by atoms with E-state index in [1.54, 1.807) is 18.2 Å². The fourth-order valence-corrected chi connectivity index (χ4v) is 3.82. The molecule has 1 saturated heterocycles. The summed E-state index contributed by atoms with van der Waals surface area (Å²) in [4.78, 5) is 25.0. The molecular weight excluding hydrogens is 394 g/mol. The largest absolute Gasteiger partial charge is 0.355 e. The maximum absolute atomic E-state index is 12.4. The molecule has 0 spiro atoms. The highest BCUT2D eigenvalue weighted by molar-refractivity contribution is 6.02. The average molecular weight is 417 g/mol. The van der Waals surface area contributed by atoms with Crippen LogP contribution in [-0.4, -0.2) is 34.1 Å². The molecule has 4 rings (SSSR count).